The smallest absolute Gasteiger partial charge is 0.416 e. The second kappa shape index (κ2) is 10.3. The Bertz CT molecular complexity index is 1210. The number of carbonyl (C=O) groups excluding carboxylic acids is 3. The van der Waals surface area contributed by atoms with Crippen molar-refractivity contribution in [2.75, 3.05) is 19.7 Å². The summed E-state index contributed by atoms with van der Waals surface area (Å²) in [4.78, 5) is 42.8. The van der Waals surface area contributed by atoms with E-state index in [0.29, 0.717) is 12.8 Å². The Morgan fingerprint density at radius 2 is 1.63 bits per heavy atom. The molecule has 0 bridgehead atoms. The monoisotopic (exact) mass is 470 g/mol. The van der Waals surface area contributed by atoms with E-state index in [0.717, 1.165) is 47.8 Å². The summed E-state index contributed by atoms with van der Waals surface area (Å²) >= 11 is 0. The van der Waals surface area contributed by atoms with Gasteiger partial charge < -0.3 is 9.64 Å². The molecule has 3 amide bonds. The third-order valence-electron chi connectivity index (χ3n) is 7.09. The summed E-state index contributed by atoms with van der Waals surface area (Å²) < 4.78 is 5.32. The van der Waals surface area contributed by atoms with Crippen molar-refractivity contribution in [1.82, 2.24) is 9.80 Å². The summed E-state index contributed by atoms with van der Waals surface area (Å²) in [6, 6.07) is 23.5. The number of rotatable bonds is 7. The fraction of sp³-hybridized carbons (Fsp3) is 0.345. The molecule has 0 saturated carbocycles. The maximum atomic E-state index is 13.9. The normalized spacial score (nSPS) is 18.6. The molecule has 5 rings (SSSR count). The van der Waals surface area contributed by atoms with Crippen molar-refractivity contribution >= 4 is 28.7 Å². The highest BCUT2D eigenvalue weighted by Crippen LogP contribution is 2.27. The number of cyclic esters (lactones) is 1. The Morgan fingerprint density at radius 3 is 2.43 bits per heavy atom. The summed E-state index contributed by atoms with van der Waals surface area (Å²) in [6.45, 7) is 1.63. The van der Waals surface area contributed by atoms with Crippen LogP contribution in [0, 0.1) is 5.92 Å². The molecule has 2 saturated heterocycles. The van der Waals surface area contributed by atoms with Crippen LogP contribution < -0.4 is 0 Å². The topological polar surface area (TPSA) is 66.9 Å². The van der Waals surface area contributed by atoms with Crippen molar-refractivity contribution in [3.8, 4) is 0 Å². The molecular weight excluding hydrogens is 440 g/mol. The van der Waals surface area contributed by atoms with E-state index in [-0.39, 0.29) is 30.9 Å². The second-order valence-electron chi connectivity index (χ2n) is 9.46. The largest absolute Gasteiger partial charge is 0.447 e. The van der Waals surface area contributed by atoms with E-state index in [9.17, 15) is 14.4 Å². The van der Waals surface area contributed by atoms with E-state index >= 15 is 0 Å². The third-order valence-corrected chi connectivity index (χ3v) is 7.09. The van der Waals surface area contributed by atoms with Crippen LogP contribution in [0.2, 0.25) is 0 Å². The predicted octanol–water partition coefficient (Wildman–Crippen LogP) is 4.60. The Balaban J connectivity index is 1.43. The zero-order valence-electron chi connectivity index (χ0n) is 19.8. The maximum absolute atomic E-state index is 13.9. The van der Waals surface area contributed by atoms with Gasteiger partial charge in [0.05, 0.1) is 12.0 Å². The van der Waals surface area contributed by atoms with Gasteiger partial charge in [0.15, 0.2) is 0 Å². The van der Waals surface area contributed by atoms with E-state index < -0.39 is 12.0 Å². The number of benzene rings is 3. The van der Waals surface area contributed by atoms with Gasteiger partial charge in [0.2, 0.25) is 11.8 Å². The van der Waals surface area contributed by atoms with Gasteiger partial charge in [-0.25, -0.2) is 9.69 Å². The van der Waals surface area contributed by atoms with Crippen molar-refractivity contribution < 1.29 is 19.1 Å². The summed E-state index contributed by atoms with van der Waals surface area (Å²) in [7, 11) is 0. The van der Waals surface area contributed by atoms with Gasteiger partial charge >= 0.3 is 6.09 Å². The van der Waals surface area contributed by atoms with Gasteiger partial charge in [-0.3, -0.25) is 9.59 Å². The van der Waals surface area contributed by atoms with Crippen LogP contribution in [0.4, 0.5) is 4.79 Å². The lowest BCUT2D eigenvalue weighted by molar-refractivity contribution is -0.139. The number of fused-ring (bicyclic) bond motifs is 1. The van der Waals surface area contributed by atoms with E-state index in [4.69, 9.17) is 4.74 Å². The molecule has 0 radical (unpaired) electrons. The molecule has 6 nitrogen and oxygen atoms in total. The van der Waals surface area contributed by atoms with E-state index in [1.165, 1.54) is 4.90 Å². The molecule has 6 heteroatoms. The number of imide groups is 1. The summed E-state index contributed by atoms with van der Waals surface area (Å²) in [6.07, 6.45) is 2.37. The van der Waals surface area contributed by atoms with Crippen molar-refractivity contribution in [2.24, 2.45) is 5.92 Å². The van der Waals surface area contributed by atoms with E-state index in [1.54, 1.807) is 0 Å². The quantitative estimate of drug-likeness (QED) is 0.506. The molecule has 2 aliphatic rings. The highest BCUT2D eigenvalue weighted by molar-refractivity contribution is 5.97. The first-order valence-electron chi connectivity index (χ1n) is 12.4. The fourth-order valence-electron chi connectivity index (χ4n) is 5.25. The van der Waals surface area contributed by atoms with Crippen molar-refractivity contribution in [3.05, 3.63) is 83.9 Å². The molecule has 0 aromatic heterocycles. The van der Waals surface area contributed by atoms with Crippen molar-refractivity contribution in [2.45, 2.75) is 38.1 Å². The first-order chi connectivity index (χ1) is 17.1. The number of ether oxygens (including phenoxy) is 1. The minimum Gasteiger partial charge on any atom is -0.447 e. The Morgan fingerprint density at radius 1 is 0.914 bits per heavy atom. The molecule has 3 aromatic rings. The average molecular weight is 471 g/mol. The Labute approximate surface area is 205 Å². The van der Waals surface area contributed by atoms with Gasteiger partial charge in [0.1, 0.15) is 6.61 Å². The Kier molecular flexibility index (Phi) is 6.80. The molecule has 0 spiro atoms. The number of hydrogen-bond acceptors (Lipinski definition) is 4. The minimum atomic E-state index is -0.641. The molecule has 2 aliphatic heterocycles. The van der Waals surface area contributed by atoms with Crippen LogP contribution in [-0.4, -0.2) is 53.4 Å². The number of carbonyl (C=O) groups is 3. The standard InChI is InChI=1S/C29H30N2O4/c32-27(30-15-6-7-16-30)19-24(18-23-13-8-12-22-11-4-5-14-26(22)23)28(33)31-25(20-35-29(31)34)17-21-9-2-1-3-10-21/h1-5,8-14,24-25H,6-7,15-20H2/t24-,25+/m1/s1. The SMILES string of the molecule is O=C(C[C@@H](Cc1cccc2ccccc12)C(=O)N1C(=O)OC[C@@H]1Cc1ccccc1)N1CCCC1. The van der Waals surface area contributed by atoms with Gasteiger partial charge in [-0.2, -0.15) is 0 Å². The fourth-order valence-corrected chi connectivity index (χ4v) is 5.25. The van der Waals surface area contributed by atoms with Crippen LogP contribution in [0.5, 0.6) is 0 Å². The molecule has 0 unspecified atom stereocenters. The number of nitrogens with zero attached hydrogens (tertiary/aromatic N) is 2. The highest BCUT2D eigenvalue weighted by Gasteiger charge is 2.41. The van der Waals surface area contributed by atoms with Gasteiger partial charge in [0.25, 0.3) is 0 Å². The lowest BCUT2D eigenvalue weighted by Crippen LogP contribution is -2.45. The summed E-state index contributed by atoms with van der Waals surface area (Å²) in [5, 5.41) is 2.15. The molecule has 2 heterocycles. The average Bonchev–Trinajstić information content (AvgIpc) is 3.54. The third kappa shape index (κ3) is 5.06. The number of likely N-dealkylation sites (tertiary alicyclic amines) is 1. The maximum Gasteiger partial charge on any atom is 0.416 e. The van der Waals surface area contributed by atoms with Gasteiger partial charge in [-0.05, 0) is 47.6 Å². The number of hydrogen-bond donors (Lipinski definition) is 0. The molecule has 180 valence electrons. The summed E-state index contributed by atoms with van der Waals surface area (Å²) in [5.41, 5.74) is 2.04. The van der Waals surface area contributed by atoms with Crippen molar-refractivity contribution in [1.29, 1.82) is 0 Å². The highest BCUT2D eigenvalue weighted by atomic mass is 16.6. The van der Waals surface area contributed by atoms with Gasteiger partial charge in [-0.15, -0.1) is 0 Å². The molecule has 2 atom stereocenters. The minimum absolute atomic E-state index is 0.0201. The van der Waals surface area contributed by atoms with Gasteiger partial charge in [-0.1, -0.05) is 72.8 Å². The number of amides is 3. The summed E-state index contributed by atoms with van der Waals surface area (Å²) in [5.74, 6) is -0.986. The molecule has 0 aliphatic carbocycles. The zero-order chi connectivity index (χ0) is 24.2. The molecule has 35 heavy (non-hydrogen) atoms. The predicted molar refractivity (Wildman–Crippen MR) is 134 cm³/mol. The van der Waals surface area contributed by atoms with Crippen LogP contribution in [0.3, 0.4) is 0 Å². The van der Waals surface area contributed by atoms with Crippen molar-refractivity contribution in [3.63, 3.8) is 0 Å². The lowest BCUT2D eigenvalue weighted by Gasteiger charge is -2.26. The molecule has 2 fully saturated rings. The first kappa shape index (κ1) is 23.1. The zero-order valence-corrected chi connectivity index (χ0v) is 19.8. The van der Waals surface area contributed by atoms with Gasteiger partial charge in [0, 0.05) is 19.5 Å². The van der Waals surface area contributed by atoms with Crippen LogP contribution in [0.15, 0.2) is 72.8 Å². The lowest BCUT2D eigenvalue weighted by atomic mass is 9.90. The van der Waals surface area contributed by atoms with Crippen LogP contribution in [0.25, 0.3) is 10.8 Å². The van der Waals surface area contributed by atoms with Crippen LogP contribution >= 0.6 is 0 Å². The Hall–Kier alpha value is -3.67. The molecular formula is C29H30N2O4. The van der Waals surface area contributed by atoms with Crippen LogP contribution in [0.1, 0.15) is 30.4 Å². The van der Waals surface area contributed by atoms with Crippen LogP contribution in [-0.2, 0) is 27.2 Å². The second-order valence-corrected chi connectivity index (χ2v) is 9.46. The molecule has 3 aromatic carbocycles. The van der Waals surface area contributed by atoms with E-state index in [1.807, 2.05) is 77.7 Å². The molecule has 0 N–H and O–H groups in total. The first-order valence-corrected chi connectivity index (χ1v) is 12.4. The van der Waals surface area contributed by atoms with E-state index in [2.05, 4.69) is 0 Å².